The fourth-order valence-electron chi connectivity index (χ4n) is 3.06. The molecule has 5 rings (SSSR count). The van der Waals surface area contributed by atoms with Crippen molar-refractivity contribution in [1.82, 2.24) is 30.1 Å². The summed E-state index contributed by atoms with van der Waals surface area (Å²) < 4.78 is 0. The highest BCUT2D eigenvalue weighted by Crippen LogP contribution is 2.27. The van der Waals surface area contributed by atoms with Crippen molar-refractivity contribution in [2.24, 2.45) is 0 Å². The van der Waals surface area contributed by atoms with Crippen LogP contribution in [-0.2, 0) is 0 Å². The topological polar surface area (TPSA) is 95.2 Å². The van der Waals surface area contributed by atoms with Crippen LogP contribution in [0.5, 0.6) is 0 Å². The lowest BCUT2D eigenvalue weighted by molar-refractivity contribution is 0.844. The van der Waals surface area contributed by atoms with E-state index in [9.17, 15) is 0 Å². The minimum Gasteiger partial charge on any atom is -0.340 e. The zero-order valence-electron chi connectivity index (χ0n) is 14.0. The average molecular weight is 376 g/mol. The fraction of sp³-hybridized carbons (Fsp3) is 0.0526. The number of rotatable bonds is 4. The van der Waals surface area contributed by atoms with E-state index in [4.69, 9.17) is 16.6 Å². The lowest BCUT2D eigenvalue weighted by Gasteiger charge is -2.17. The van der Waals surface area contributed by atoms with Crippen LogP contribution in [0, 0.1) is 0 Å². The molecule has 1 atom stereocenters. The van der Waals surface area contributed by atoms with Crippen molar-refractivity contribution in [2.45, 2.75) is 6.04 Å². The predicted molar refractivity (Wildman–Crippen MR) is 105 cm³/mol. The van der Waals surface area contributed by atoms with E-state index in [-0.39, 0.29) is 6.04 Å². The van der Waals surface area contributed by atoms with Crippen LogP contribution >= 0.6 is 11.6 Å². The summed E-state index contributed by atoms with van der Waals surface area (Å²) in [6, 6.07) is 17.6. The summed E-state index contributed by atoms with van der Waals surface area (Å²) >= 11 is 6.27. The van der Waals surface area contributed by atoms with Gasteiger partial charge in [0.25, 0.3) is 0 Å². The molecule has 0 spiro atoms. The third-order valence-electron chi connectivity index (χ3n) is 4.35. The summed E-state index contributed by atoms with van der Waals surface area (Å²) in [6.45, 7) is 0. The van der Waals surface area contributed by atoms with E-state index in [1.807, 2.05) is 54.6 Å². The molecular formula is C19H14ClN7. The Balaban J connectivity index is 1.61. The lowest BCUT2D eigenvalue weighted by Crippen LogP contribution is -2.16. The first-order valence-electron chi connectivity index (χ1n) is 8.41. The Hall–Kier alpha value is -3.45. The van der Waals surface area contributed by atoms with E-state index < -0.39 is 0 Å². The maximum atomic E-state index is 6.27. The molecule has 0 radical (unpaired) electrons. The van der Waals surface area contributed by atoms with Crippen molar-refractivity contribution >= 4 is 39.6 Å². The van der Waals surface area contributed by atoms with Gasteiger partial charge in [-0.05, 0) is 17.7 Å². The third kappa shape index (κ3) is 2.88. The first-order chi connectivity index (χ1) is 13.3. The van der Waals surface area contributed by atoms with Gasteiger partial charge in [-0.15, -0.1) is 0 Å². The number of para-hydroxylation sites is 2. The fourth-order valence-corrected chi connectivity index (χ4v) is 3.28. The zero-order chi connectivity index (χ0) is 18.2. The number of fused-ring (bicyclic) bond motifs is 2. The van der Waals surface area contributed by atoms with Gasteiger partial charge in [-0.2, -0.15) is 10.1 Å². The molecule has 5 aromatic rings. The van der Waals surface area contributed by atoms with Gasteiger partial charge in [0, 0.05) is 0 Å². The smallest absolute Gasteiger partial charge is 0.227 e. The molecule has 1 unspecified atom stereocenters. The Morgan fingerprint density at radius 3 is 2.59 bits per heavy atom. The van der Waals surface area contributed by atoms with E-state index in [0.29, 0.717) is 22.1 Å². The highest BCUT2D eigenvalue weighted by molar-refractivity contribution is 6.34. The molecule has 132 valence electrons. The summed E-state index contributed by atoms with van der Waals surface area (Å²) in [6.07, 6.45) is 1.61. The molecule has 0 bridgehead atoms. The first-order valence-corrected chi connectivity index (χ1v) is 8.78. The molecule has 0 aliphatic heterocycles. The second kappa shape index (κ2) is 6.37. The molecule has 0 aliphatic carbocycles. The van der Waals surface area contributed by atoms with Gasteiger partial charge in [0.2, 0.25) is 5.95 Å². The van der Waals surface area contributed by atoms with E-state index in [0.717, 1.165) is 22.4 Å². The molecule has 0 saturated carbocycles. The molecule has 0 aliphatic rings. The van der Waals surface area contributed by atoms with Crippen LogP contribution in [0.4, 0.5) is 5.95 Å². The van der Waals surface area contributed by atoms with Gasteiger partial charge in [0.1, 0.15) is 17.0 Å². The maximum Gasteiger partial charge on any atom is 0.227 e. The summed E-state index contributed by atoms with van der Waals surface area (Å²) in [4.78, 5) is 16.9. The van der Waals surface area contributed by atoms with Crippen molar-refractivity contribution in [1.29, 1.82) is 0 Å². The number of H-pyrrole nitrogens is 2. The molecule has 27 heavy (non-hydrogen) atoms. The van der Waals surface area contributed by atoms with Gasteiger partial charge in [-0.3, -0.25) is 5.10 Å². The average Bonchev–Trinajstić information content (AvgIpc) is 3.33. The molecule has 8 heteroatoms. The highest BCUT2D eigenvalue weighted by Gasteiger charge is 2.20. The van der Waals surface area contributed by atoms with Crippen molar-refractivity contribution in [2.75, 3.05) is 5.32 Å². The van der Waals surface area contributed by atoms with Crippen molar-refractivity contribution < 1.29 is 0 Å². The molecule has 0 amide bonds. The number of nitrogens with one attached hydrogen (secondary N) is 3. The van der Waals surface area contributed by atoms with Crippen molar-refractivity contribution in [3.8, 4) is 0 Å². The van der Waals surface area contributed by atoms with Gasteiger partial charge in [-0.1, -0.05) is 54.1 Å². The molecule has 0 saturated heterocycles. The SMILES string of the molecule is Clc1nc(NC(c2ccccc2)c2nc3ccccc3[nH]2)nc2[nH]ncc12. The Labute approximate surface area is 158 Å². The quantitative estimate of drug-likeness (QED) is 0.411. The third-order valence-corrected chi connectivity index (χ3v) is 4.64. The van der Waals surface area contributed by atoms with Crippen LogP contribution in [0.3, 0.4) is 0 Å². The second-order valence-electron chi connectivity index (χ2n) is 6.10. The van der Waals surface area contributed by atoms with E-state index >= 15 is 0 Å². The highest BCUT2D eigenvalue weighted by atomic mass is 35.5. The first kappa shape index (κ1) is 15.8. The predicted octanol–water partition coefficient (Wildman–Crippen LogP) is 4.08. The summed E-state index contributed by atoms with van der Waals surface area (Å²) in [5.74, 6) is 1.16. The molecule has 0 fully saturated rings. The molecule has 3 aromatic heterocycles. The molecule has 3 N–H and O–H groups in total. The van der Waals surface area contributed by atoms with Gasteiger partial charge < -0.3 is 10.3 Å². The van der Waals surface area contributed by atoms with Gasteiger partial charge in [0.15, 0.2) is 5.65 Å². The molecular weight excluding hydrogens is 362 g/mol. The molecule has 3 heterocycles. The van der Waals surface area contributed by atoms with Crippen molar-refractivity contribution in [3.63, 3.8) is 0 Å². The summed E-state index contributed by atoms with van der Waals surface area (Å²) in [5, 5.41) is 11.2. The Morgan fingerprint density at radius 2 is 1.74 bits per heavy atom. The number of aromatic amines is 2. The Morgan fingerprint density at radius 1 is 0.926 bits per heavy atom. The minimum atomic E-state index is -0.268. The van der Waals surface area contributed by atoms with E-state index in [1.165, 1.54) is 0 Å². The maximum absolute atomic E-state index is 6.27. The monoisotopic (exact) mass is 375 g/mol. The van der Waals surface area contributed by atoms with Gasteiger partial charge >= 0.3 is 0 Å². The number of halogens is 1. The number of imidazole rings is 1. The zero-order valence-corrected chi connectivity index (χ0v) is 14.8. The van der Waals surface area contributed by atoms with E-state index in [2.05, 4.69) is 30.5 Å². The summed E-state index contributed by atoms with van der Waals surface area (Å²) in [7, 11) is 0. The Bertz CT molecular complexity index is 1200. The summed E-state index contributed by atoms with van der Waals surface area (Å²) in [5.41, 5.74) is 3.48. The number of anilines is 1. The number of aromatic nitrogens is 6. The van der Waals surface area contributed by atoms with E-state index in [1.54, 1.807) is 6.20 Å². The number of hydrogen-bond donors (Lipinski definition) is 3. The van der Waals surface area contributed by atoms with Crippen LogP contribution in [0.2, 0.25) is 5.15 Å². The van der Waals surface area contributed by atoms with Gasteiger partial charge in [0.05, 0.1) is 22.6 Å². The number of hydrogen-bond acceptors (Lipinski definition) is 5. The van der Waals surface area contributed by atoms with Crippen LogP contribution in [0.15, 0.2) is 60.8 Å². The van der Waals surface area contributed by atoms with Crippen LogP contribution < -0.4 is 5.32 Å². The standard InChI is InChI=1S/C19H14ClN7/c20-16-12-10-21-27-17(12)26-19(25-16)24-15(11-6-2-1-3-7-11)18-22-13-8-4-5-9-14(13)23-18/h1-10,15H,(H,22,23)(H2,21,24,25,26,27). The minimum absolute atomic E-state index is 0.268. The van der Waals surface area contributed by atoms with Crippen LogP contribution in [0.25, 0.3) is 22.1 Å². The normalized spacial score (nSPS) is 12.5. The largest absolute Gasteiger partial charge is 0.340 e. The van der Waals surface area contributed by atoms with Crippen LogP contribution in [-0.4, -0.2) is 30.1 Å². The number of nitrogens with zero attached hydrogens (tertiary/aromatic N) is 4. The van der Waals surface area contributed by atoms with Crippen LogP contribution in [0.1, 0.15) is 17.4 Å². The molecule has 2 aromatic carbocycles. The molecule has 7 nitrogen and oxygen atoms in total. The Kier molecular flexibility index (Phi) is 3.72. The van der Waals surface area contributed by atoms with Gasteiger partial charge in [-0.25, -0.2) is 9.97 Å². The lowest BCUT2D eigenvalue weighted by atomic mass is 10.1. The van der Waals surface area contributed by atoms with Crippen molar-refractivity contribution in [3.05, 3.63) is 77.3 Å². The second-order valence-corrected chi connectivity index (χ2v) is 6.46. The number of benzene rings is 2.